The first kappa shape index (κ1) is 39.1. The van der Waals surface area contributed by atoms with Gasteiger partial charge < -0.3 is 19.4 Å². The number of nitrogens with zero attached hydrogens (tertiary/aromatic N) is 5. The summed E-state index contributed by atoms with van der Waals surface area (Å²) < 4.78 is 11.6. The number of hydrogen-bond acceptors (Lipinski definition) is 7. The van der Waals surface area contributed by atoms with Crippen molar-refractivity contribution in [2.24, 2.45) is 10.9 Å². The molecule has 2 aromatic heterocycles. The summed E-state index contributed by atoms with van der Waals surface area (Å²) in [5.41, 5.74) is 1.51. The van der Waals surface area contributed by atoms with Gasteiger partial charge in [-0.1, -0.05) is 68.3 Å². The molecule has 1 unspecified atom stereocenters. The van der Waals surface area contributed by atoms with E-state index in [1.807, 2.05) is 60.4 Å². The van der Waals surface area contributed by atoms with Gasteiger partial charge in [-0.3, -0.25) is 24.6 Å². The number of amides is 3. The van der Waals surface area contributed by atoms with E-state index in [1.54, 1.807) is 23.4 Å². The average molecular weight is 750 g/mol. The Balaban J connectivity index is 1.50. The Labute approximate surface area is 317 Å². The fourth-order valence-corrected chi connectivity index (χ4v) is 6.45. The first-order valence-electron chi connectivity index (χ1n) is 17.8. The van der Waals surface area contributed by atoms with Crippen molar-refractivity contribution in [3.63, 3.8) is 0 Å². The summed E-state index contributed by atoms with van der Waals surface area (Å²) in [6.07, 6.45) is 10.1. The largest absolute Gasteiger partial charge is 0.493 e. The number of urea groups is 1. The van der Waals surface area contributed by atoms with Crippen molar-refractivity contribution < 1.29 is 18.7 Å². The normalized spacial score (nSPS) is 17.2. The predicted octanol–water partition coefficient (Wildman–Crippen LogP) is 7.80. The molecule has 0 saturated carbocycles. The van der Waals surface area contributed by atoms with Crippen molar-refractivity contribution in [3.8, 4) is 5.75 Å². The van der Waals surface area contributed by atoms with Gasteiger partial charge in [0.15, 0.2) is 0 Å². The van der Waals surface area contributed by atoms with Gasteiger partial charge in [-0.25, -0.2) is 4.79 Å². The number of pyridine rings is 1. The van der Waals surface area contributed by atoms with Crippen molar-refractivity contribution in [2.45, 2.75) is 72.0 Å². The quantitative estimate of drug-likeness (QED) is 0.159. The van der Waals surface area contributed by atoms with E-state index < -0.39 is 5.54 Å². The van der Waals surface area contributed by atoms with Gasteiger partial charge in [-0.05, 0) is 63.1 Å². The molecule has 1 aliphatic heterocycles. The third-order valence-electron chi connectivity index (χ3n) is 9.32. The number of ether oxygens (including phenoxy) is 1. The lowest BCUT2D eigenvalue weighted by Gasteiger charge is -2.39. The first-order valence-corrected chi connectivity index (χ1v) is 18.6. The molecular weight excluding hydrogens is 699 g/mol. The molecule has 1 saturated heterocycles. The Bertz CT molecular complexity index is 1770. The molecule has 10 nitrogen and oxygen atoms in total. The number of piperazine rings is 1. The van der Waals surface area contributed by atoms with Gasteiger partial charge in [-0.15, -0.1) is 0 Å². The molecule has 1 aromatic carbocycles. The molecule has 1 N–H and O–H groups in total. The van der Waals surface area contributed by atoms with E-state index in [-0.39, 0.29) is 36.4 Å². The Morgan fingerprint density at radius 3 is 2.42 bits per heavy atom. The maximum atomic E-state index is 14.9. The molecule has 3 heterocycles. The van der Waals surface area contributed by atoms with E-state index >= 15 is 0 Å². The molecular formula is C40H50Cl2N6O4. The number of rotatable bonds is 11. The number of amidine groups is 1. The molecule has 5 rings (SSSR count). The van der Waals surface area contributed by atoms with Crippen LogP contribution in [0.4, 0.5) is 4.79 Å². The van der Waals surface area contributed by atoms with Crippen LogP contribution in [0.15, 0.2) is 87.6 Å². The maximum Gasteiger partial charge on any atom is 0.326 e. The second-order valence-electron chi connectivity index (χ2n) is 14.7. The van der Waals surface area contributed by atoms with Gasteiger partial charge in [0, 0.05) is 65.5 Å². The predicted molar refractivity (Wildman–Crippen MR) is 207 cm³/mol. The fraction of sp³-hybridized carbons (Fsp3) is 0.450. The molecule has 3 amide bonds. The lowest BCUT2D eigenvalue weighted by Crippen LogP contribution is -2.55. The minimum atomic E-state index is -0.646. The number of halogens is 2. The molecule has 0 spiro atoms. The summed E-state index contributed by atoms with van der Waals surface area (Å²) in [4.78, 5) is 43.5. The van der Waals surface area contributed by atoms with Crippen LogP contribution >= 0.6 is 23.2 Å². The minimum Gasteiger partial charge on any atom is -0.493 e. The van der Waals surface area contributed by atoms with Crippen LogP contribution < -0.4 is 10.1 Å². The third kappa shape index (κ3) is 10.3. The van der Waals surface area contributed by atoms with Crippen LogP contribution in [0.5, 0.6) is 5.75 Å². The Hall–Kier alpha value is -4.12. The average Bonchev–Trinajstić information content (AvgIpc) is 3.64. The first-order chi connectivity index (χ1) is 24.7. The summed E-state index contributed by atoms with van der Waals surface area (Å²) in [5.74, 6) is 1.70. The van der Waals surface area contributed by atoms with Gasteiger partial charge in [0.2, 0.25) is 5.91 Å². The zero-order valence-corrected chi connectivity index (χ0v) is 32.5. The summed E-state index contributed by atoms with van der Waals surface area (Å²) in [7, 11) is 0. The van der Waals surface area contributed by atoms with Crippen LogP contribution in [0, 0.1) is 5.92 Å². The van der Waals surface area contributed by atoms with Crippen LogP contribution in [-0.4, -0.2) is 82.3 Å². The summed E-state index contributed by atoms with van der Waals surface area (Å²) in [6, 6.07) is 12.9. The van der Waals surface area contributed by atoms with Gasteiger partial charge in [0.1, 0.15) is 17.3 Å². The fourth-order valence-electron chi connectivity index (χ4n) is 6.16. The van der Waals surface area contributed by atoms with E-state index in [4.69, 9.17) is 42.3 Å². The maximum absolute atomic E-state index is 14.9. The molecule has 52 heavy (non-hydrogen) atoms. The van der Waals surface area contributed by atoms with Crippen molar-refractivity contribution in [1.29, 1.82) is 0 Å². The lowest BCUT2D eigenvalue weighted by molar-refractivity contribution is -0.122. The van der Waals surface area contributed by atoms with Crippen LogP contribution in [0.25, 0.3) is 0 Å². The van der Waals surface area contributed by atoms with Gasteiger partial charge in [-0.2, -0.15) is 0 Å². The topological polar surface area (TPSA) is 104 Å². The van der Waals surface area contributed by atoms with Gasteiger partial charge in [0.25, 0.3) is 0 Å². The molecule has 1 atom stereocenters. The number of hydrogen-bond donors (Lipinski definition) is 1. The molecule has 2 aliphatic rings. The molecule has 3 aromatic rings. The van der Waals surface area contributed by atoms with Crippen molar-refractivity contribution in [1.82, 2.24) is 25.0 Å². The molecule has 278 valence electrons. The Kier molecular flexibility index (Phi) is 12.9. The monoisotopic (exact) mass is 748 g/mol. The molecule has 1 fully saturated rings. The SMILES string of the molecule is CCOc1cc(C(C)(C)C)ncc1C(=NC(C)(C)C1C=CC(Cl)=CC1)N(Cc1ccc(Cl)cc1)C(=O)N1CCN(CC(=O)NCc2ccco2)CC1. The minimum absolute atomic E-state index is 0.0253. The number of benzene rings is 1. The van der Waals surface area contributed by atoms with E-state index in [0.717, 1.165) is 11.3 Å². The highest BCUT2D eigenvalue weighted by Crippen LogP contribution is 2.34. The highest BCUT2D eigenvalue weighted by atomic mass is 35.5. The van der Waals surface area contributed by atoms with E-state index in [1.165, 1.54) is 0 Å². The number of nitrogens with one attached hydrogen (secondary N) is 1. The number of carbonyl (C=O) groups excluding carboxylic acids is 2. The highest BCUT2D eigenvalue weighted by molar-refractivity contribution is 6.31. The van der Waals surface area contributed by atoms with E-state index in [2.05, 4.69) is 50.9 Å². The molecule has 12 heteroatoms. The van der Waals surface area contributed by atoms with Crippen LogP contribution in [0.2, 0.25) is 5.02 Å². The summed E-state index contributed by atoms with van der Waals surface area (Å²) in [5, 5.41) is 4.22. The second-order valence-corrected chi connectivity index (χ2v) is 15.6. The second kappa shape index (κ2) is 17.1. The number of aromatic nitrogens is 1. The van der Waals surface area contributed by atoms with Crippen LogP contribution in [-0.2, 0) is 23.3 Å². The summed E-state index contributed by atoms with van der Waals surface area (Å²) >= 11 is 12.6. The zero-order chi connectivity index (χ0) is 37.5. The Morgan fingerprint density at radius 2 is 1.81 bits per heavy atom. The highest BCUT2D eigenvalue weighted by Gasteiger charge is 2.35. The van der Waals surface area contributed by atoms with Crippen molar-refractivity contribution in [2.75, 3.05) is 39.3 Å². The number of furan rings is 1. The van der Waals surface area contributed by atoms with Gasteiger partial charge in [0.05, 0.1) is 43.6 Å². The third-order valence-corrected chi connectivity index (χ3v) is 9.85. The van der Waals surface area contributed by atoms with E-state index in [0.29, 0.717) is 78.7 Å². The van der Waals surface area contributed by atoms with Crippen molar-refractivity contribution in [3.05, 3.63) is 106 Å². The zero-order valence-electron chi connectivity index (χ0n) is 31.0. The summed E-state index contributed by atoms with van der Waals surface area (Å²) in [6.45, 7) is 15.6. The smallest absolute Gasteiger partial charge is 0.326 e. The molecule has 0 bridgehead atoms. The Morgan fingerprint density at radius 1 is 1.08 bits per heavy atom. The van der Waals surface area contributed by atoms with Crippen molar-refractivity contribution >= 4 is 41.0 Å². The van der Waals surface area contributed by atoms with Crippen LogP contribution in [0.3, 0.4) is 0 Å². The number of aliphatic imine (C=N–C) groups is 1. The number of carbonyl (C=O) groups is 2. The van der Waals surface area contributed by atoms with E-state index in [9.17, 15) is 9.59 Å². The molecule has 0 radical (unpaired) electrons. The van der Waals surface area contributed by atoms with Gasteiger partial charge >= 0.3 is 6.03 Å². The number of allylic oxidation sites excluding steroid dienone is 3. The molecule has 1 aliphatic carbocycles. The standard InChI is InChI=1S/C40H50Cl2N6O4/c1-7-51-34-23-35(39(2,3)4)43-25-33(34)37(45-40(5,6)29-12-16-31(42)17-13-29)48(26-28-10-14-30(41)15-11-28)38(50)47-20-18-46(19-21-47)27-36(49)44-24-32-9-8-22-52-32/h8-12,14-17,22-23,25,29H,7,13,18-21,24,26-27H2,1-6H3,(H,44,49). The van der Waals surface area contributed by atoms with Crippen LogP contribution in [0.1, 0.15) is 70.5 Å². The lowest BCUT2D eigenvalue weighted by atomic mass is 9.83.